The first-order valence-electron chi connectivity index (χ1n) is 3.77. The zero-order chi connectivity index (χ0) is 8.27. The van der Waals surface area contributed by atoms with Crippen molar-refractivity contribution >= 4 is 5.69 Å². The van der Waals surface area contributed by atoms with Crippen molar-refractivity contribution in [2.75, 3.05) is 11.9 Å². The van der Waals surface area contributed by atoms with Gasteiger partial charge >= 0.3 is 0 Å². The number of anilines is 1. The van der Waals surface area contributed by atoms with Crippen LogP contribution >= 0.6 is 0 Å². The number of aromatic hydroxyl groups is 1. The second-order valence-electron chi connectivity index (χ2n) is 2.53. The maximum absolute atomic E-state index is 9.08. The number of benzene rings is 1. The van der Waals surface area contributed by atoms with E-state index in [1.807, 2.05) is 19.9 Å². The molecule has 0 spiro atoms. The van der Waals surface area contributed by atoms with E-state index in [9.17, 15) is 0 Å². The van der Waals surface area contributed by atoms with E-state index >= 15 is 0 Å². The lowest BCUT2D eigenvalue weighted by molar-refractivity contribution is 0.475. The van der Waals surface area contributed by atoms with Crippen molar-refractivity contribution in [2.24, 2.45) is 0 Å². The second-order valence-corrected chi connectivity index (χ2v) is 2.53. The summed E-state index contributed by atoms with van der Waals surface area (Å²) >= 11 is 0. The molecule has 0 saturated heterocycles. The van der Waals surface area contributed by atoms with E-state index in [0.717, 1.165) is 17.8 Å². The zero-order valence-corrected chi connectivity index (χ0v) is 6.89. The van der Waals surface area contributed by atoms with Crippen molar-refractivity contribution < 1.29 is 5.11 Å². The average Bonchev–Trinajstić information content (AvgIpc) is 1.95. The van der Waals surface area contributed by atoms with Crippen LogP contribution in [-0.2, 0) is 0 Å². The molecule has 2 heteroatoms. The summed E-state index contributed by atoms with van der Waals surface area (Å²) in [7, 11) is 0. The van der Waals surface area contributed by atoms with Crippen LogP contribution in [0.2, 0.25) is 0 Å². The van der Waals surface area contributed by atoms with E-state index in [0.29, 0.717) is 5.75 Å². The van der Waals surface area contributed by atoms with Gasteiger partial charge < -0.3 is 10.4 Å². The van der Waals surface area contributed by atoms with Gasteiger partial charge in [-0.05, 0) is 37.6 Å². The Hall–Kier alpha value is -1.18. The summed E-state index contributed by atoms with van der Waals surface area (Å²) in [5.74, 6) is 0.323. The van der Waals surface area contributed by atoms with Crippen LogP contribution in [0.5, 0.6) is 5.75 Å². The summed E-state index contributed by atoms with van der Waals surface area (Å²) < 4.78 is 0. The van der Waals surface area contributed by atoms with Crippen LogP contribution in [0.1, 0.15) is 12.5 Å². The van der Waals surface area contributed by atoms with Crippen LogP contribution in [-0.4, -0.2) is 11.7 Å². The molecule has 60 valence electrons. The Morgan fingerprint density at radius 1 is 1.45 bits per heavy atom. The number of phenols is 1. The topological polar surface area (TPSA) is 32.3 Å². The van der Waals surface area contributed by atoms with E-state index in [1.165, 1.54) is 0 Å². The molecule has 0 heterocycles. The maximum atomic E-state index is 9.08. The Balaban J connectivity index is 2.90. The molecule has 0 aliphatic rings. The molecular formula is C9H13NO. The molecule has 0 atom stereocenters. The Labute approximate surface area is 66.9 Å². The van der Waals surface area contributed by atoms with Gasteiger partial charge in [0.15, 0.2) is 0 Å². The number of phenolic OH excluding ortho intramolecular Hbond substituents is 1. The minimum atomic E-state index is 0.323. The number of hydrogen-bond acceptors (Lipinski definition) is 2. The van der Waals surface area contributed by atoms with Crippen LogP contribution in [0, 0.1) is 6.92 Å². The molecule has 1 rings (SSSR count). The Bertz CT molecular complexity index is 245. The summed E-state index contributed by atoms with van der Waals surface area (Å²) in [5, 5.41) is 12.3. The van der Waals surface area contributed by atoms with E-state index < -0.39 is 0 Å². The third kappa shape index (κ3) is 1.87. The van der Waals surface area contributed by atoms with E-state index in [-0.39, 0.29) is 0 Å². The fourth-order valence-electron chi connectivity index (χ4n) is 1.04. The third-order valence-corrected chi connectivity index (χ3v) is 1.58. The first-order valence-corrected chi connectivity index (χ1v) is 3.77. The first-order chi connectivity index (χ1) is 5.24. The fraction of sp³-hybridized carbons (Fsp3) is 0.333. The molecule has 0 radical (unpaired) electrons. The summed E-state index contributed by atoms with van der Waals surface area (Å²) in [6.07, 6.45) is 0. The first kappa shape index (κ1) is 7.92. The van der Waals surface area contributed by atoms with E-state index in [4.69, 9.17) is 5.11 Å². The van der Waals surface area contributed by atoms with Gasteiger partial charge in [0.05, 0.1) is 0 Å². The molecular weight excluding hydrogens is 138 g/mol. The highest BCUT2D eigenvalue weighted by molar-refractivity contribution is 5.53. The Morgan fingerprint density at radius 3 is 2.73 bits per heavy atom. The molecule has 0 bridgehead atoms. The van der Waals surface area contributed by atoms with Crippen molar-refractivity contribution in [1.82, 2.24) is 0 Å². The lowest BCUT2D eigenvalue weighted by Crippen LogP contribution is -1.97. The zero-order valence-electron chi connectivity index (χ0n) is 6.89. The number of nitrogens with one attached hydrogen (secondary N) is 1. The molecule has 0 aliphatic heterocycles. The molecule has 0 saturated carbocycles. The van der Waals surface area contributed by atoms with E-state index in [2.05, 4.69) is 5.32 Å². The Kier molecular flexibility index (Phi) is 2.36. The van der Waals surface area contributed by atoms with Crippen LogP contribution < -0.4 is 5.32 Å². The van der Waals surface area contributed by atoms with Gasteiger partial charge in [-0.25, -0.2) is 0 Å². The smallest absolute Gasteiger partial charge is 0.115 e. The number of rotatable bonds is 2. The largest absolute Gasteiger partial charge is 0.508 e. The fourth-order valence-corrected chi connectivity index (χ4v) is 1.04. The van der Waals surface area contributed by atoms with Gasteiger partial charge in [-0.15, -0.1) is 0 Å². The molecule has 2 N–H and O–H groups in total. The van der Waals surface area contributed by atoms with Crippen molar-refractivity contribution in [3.63, 3.8) is 0 Å². The average molecular weight is 151 g/mol. The van der Waals surface area contributed by atoms with Crippen molar-refractivity contribution in [2.45, 2.75) is 13.8 Å². The minimum Gasteiger partial charge on any atom is -0.508 e. The lowest BCUT2D eigenvalue weighted by Gasteiger charge is -2.06. The van der Waals surface area contributed by atoms with Gasteiger partial charge in [-0.3, -0.25) is 0 Å². The summed E-state index contributed by atoms with van der Waals surface area (Å²) in [6.45, 7) is 4.93. The second kappa shape index (κ2) is 3.28. The predicted molar refractivity (Wildman–Crippen MR) is 47.0 cm³/mol. The molecule has 0 fully saturated rings. The molecule has 0 amide bonds. The molecule has 0 aliphatic carbocycles. The molecule has 1 aromatic rings. The van der Waals surface area contributed by atoms with Gasteiger partial charge in [-0.1, -0.05) is 0 Å². The highest BCUT2D eigenvalue weighted by Gasteiger charge is 1.95. The summed E-state index contributed by atoms with van der Waals surface area (Å²) in [5.41, 5.74) is 2.16. The predicted octanol–water partition coefficient (Wildman–Crippen LogP) is 2.13. The molecule has 0 unspecified atom stereocenters. The monoisotopic (exact) mass is 151 g/mol. The molecule has 1 aromatic carbocycles. The quantitative estimate of drug-likeness (QED) is 0.634. The van der Waals surface area contributed by atoms with Crippen LogP contribution in [0.15, 0.2) is 18.2 Å². The highest BCUT2D eigenvalue weighted by atomic mass is 16.3. The molecule has 0 aromatic heterocycles. The van der Waals surface area contributed by atoms with Crippen molar-refractivity contribution in [3.05, 3.63) is 23.8 Å². The normalized spacial score (nSPS) is 9.64. The SMILES string of the molecule is CCNc1ccc(O)cc1C. The summed E-state index contributed by atoms with van der Waals surface area (Å²) in [4.78, 5) is 0. The van der Waals surface area contributed by atoms with Crippen LogP contribution in [0.3, 0.4) is 0 Å². The van der Waals surface area contributed by atoms with Gasteiger partial charge in [-0.2, -0.15) is 0 Å². The minimum absolute atomic E-state index is 0.323. The maximum Gasteiger partial charge on any atom is 0.115 e. The van der Waals surface area contributed by atoms with Gasteiger partial charge in [0, 0.05) is 12.2 Å². The number of hydrogen-bond donors (Lipinski definition) is 2. The number of aryl methyl sites for hydroxylation is 1. The Morgan fingerprint density at radius 2 is 2.18 bits per heavy atom. The van der Waals surface area contributed by atoms with Gasteiger partial charge in [0.25, 0.3) is 0 Å². The van der Waals surface area contributed by atoms with E-state index in [1.54, 1.807) is 12.1 Å². The lowest BCUT2D eigenvalue weighted by atomic mass is 10.2. The molecule has 11 heavy (non-hydrogen) atoms. The molecule has 2 nitrogen and oxygen atoms in total. The highest BCUT2D eigenvalue weighted by Crippen LogP contribution is 2.19. The van der Waals surface area contributed by atoms with Crippen LogP contribution in [0.25, 0.3) is 0 Å². The standard InChI is InChI=1S/C9H13NO/c1-3-10-9-5-4-8(11)6-7(9)2/h4-6,10-11H,3H2,1-2H3. The van der Waals surface area contributed by atoms with Crippen molar-refractivity contribution in [1.29, 1.82) is 0 Å². The van der Waals surface area contributed by atoms with Crippen LogP contribution in [0.4, 0.5) is 5.69 Å². The van der Waals surface area contributed by atoms with Crippen molar-refractivity contribution in [3.8, 4) is 5.75 Å². The third-order valence-electron chi connectivity index (χ3n) is 1.58. The summed E-state index contributed by atoms with van der Waals surface area (Å²) in [6, 6.07) is 5.32. The van der Waals surface area contributed by atoms with Gasteiger partial charge in [0.2, 0.25) is 0 Å². The van der Waals surface area contributed by atoms with Gasteiger partial charge in [0.1, 0.15) is 5.75 Å².